The Morgan fingerprint density at radius 3 is 2.80 bits per heavy atom. The van der Waals surface area contributed by atoms with Crippen LogP contribution in [0, 0.1) is 0 Å². The molecule has 0 saturated heterocycles. The number of halogens is 1. The third-order valence-electron chi connectivity index (χ3n) is 2.70. The van der Waals surface area contributed by atoms with Crippen molar-refractivity contribution >= 4 is 17.6 Å². The van der Waals surface area contributed by atoms with Crippen LogP contribution in [0.4, 0.5) is 0 Å². The molecule has 0 saturated carbocycles. The first-order chi connectivity index (χ1) is 9.60. The van der Waals surface area contributed by atoms with Crippen LogP contribution in [0.2, 0.25) is 5.02 Å². The number of carbonyl (C=O) groups excluding carboxylic acids is 1. The van der Waals surface area contributed by atoms with Gasteiger partial charge >= 0.3 is 5.97 Å². The molecule has 1 unspecified atom stereocenters. The van der Waals surface area contributed by atoms with E-state index in [2.05, 4.69) is 12.2 Å². The molecular formula is C15H22ClNO3. The van der Waals surface area contributed by atoms with Crippen LogP contribution in [0.15, 0.2) is 18.2 Å². The third-order valence-corrected chi connectivity index (χ3v) is 3.00. The molecule has 1 N–H and O–H groups in total. The average Bonchev–Trinajstić information content (AvgIpc) is 2.42. The highest BCUT2D eigenvalue weighted by atomic mass is 35.5. The summed E-state index contributed by atoms with van der Waals surface area (Å²) in [5, 5.41) is 3.79. The van der Waals surface area contributed by atoms with Crippen molar-refractivity contribution in [3.8, 4) is 5.75 Å². The SMILES string of the molecule is CCCNCc1cccc(Cl)c1OC(C)C(=O)OCC. The number of hydrogen-bond donors (Lipinski definition) is 1. The van der Waals surface area contributed by atoms with E-state index in [1.54, 1.807) is 19.9 Å². The van der Waals surface area contributed by atoms with Crippen LogP contribution >= 0.6 is 11.6 Å². The largest absolute Gasteiger partial charge is 0.477 e. The van der Waals surface area contributed by atoms with Crippen molar-refractivity contribution in [2.24, 2.45) is 0 Å². The Morgan fingerprint density at radius 1 is 1.40 bits per heavy atom. The lowest BCUT2D eigenvalue weighted by Crippen LogP contribution is -2.27. The molecular weight excluding hydrogens is 278 g/mol. The molecule has 0 aliphatic carbocycles. The Labute approximate surface area is 125 Å². The molecule has 1 atom stereocenters. The molecule has 1 aromatic rings. The van der Waals surface area contributed by atoms with Gasteiger partial charge < -0.3 is 14.8 Å². The van der Waals surface area contributed by atoms with E-state index >= 15 is 0 Å². The van der Waals surface area contributed by atoms with Gasteiger partial charge in [-0.2, -0.15) is 0 Å². The Kier molecular flexibility index (Phi) is 7.41. The lowest BCUT2D eigenvalue weighted by molar-refractivity contribution is -0.150. The van der Waals surface area contributed by atoms with E-state index in [0.29, 0.717) is 23.9 Å². The molecule has 0 radical (unpaired) electrons. The van der Waals surface area contributed by atoms with E-state index in [0.717, 1.165) is 18.5 Å². The number of rotatable bonds is 8. The summed E-state index contributed by atoms with van der Waals surface area (Å²) >= 11 is 6.16. The Bertz CT molecular complexity index is 437. The smallest absolute Gasteiger partial charge is 0.347 e. The average molecular weight is 300 g/mol. The second kappa shape index (κ2) is 8.82. The number of ether oxygens (including phenoxy) is 2. The van der Waals surface area contributed by atoms with Crippen LogP contribution in [0.1, 0.15) is 32.8 Å². The van der Waals surface area contributed by atoms with Gasteiger partial charge in [0.25, 0.3) is 0 Å². The fourth-order valence-corrected chi connectivity index (χ4v) is 1.95. The summed E-state index contributed by atoms with van der Waals surface area (Å²) in [4.78, 5) is 11.6. The second-order valence-electron chi connectivity index (χ2n) is 4.42. The van der Waals surface area contributed by atoms with Crippen LogP contribution < -0.4 is 10.1 Å². The fourth-order valence-electron chi connectivity index (χ4n) is 1.71. The minimum Gasteiger partial charge on any atom is -0.477 e. The molecule has 0 amide bonds. The Hall–Kier alpha value is -1.26. The molecule has 0 aromatic heterocycles. The van der Waals surface area contributed by atoms with Crippen molar-refractivity contribution in [1.82, 2.24) is 5.32 Å². The van der Waals surface area contributed by atoms with Gasteiger partial charge in [0.2, 0.25) is 0 Å². The molecule has 5 heteroatoms. The normalized spacial score (nSPS) is 12.0. The number of para-hydroxylation sites is 1. The van der Waals surface area contributed by atoms with Crippen molar-refractivity contribution in [1.29, 1.82) is 0 Å². The molecule has 0 aliphatic rings. The molecule has 0 bridgehead atoms. The maximum absolute atomic E-state index is 11.6. The van der Waals surface area contributed by atoms with Crippen molar-refractivity contribution in [2.75, 3.05) is 13.2 Å². The van der Waals surface area contributed by atoms with E-state index in [-0.39, 0.29) is 5.97 Å². The number of hydrogen-bond acceptors (Lipinski definition) is 4. The molecule has 0 heterocycles. The first kappa shape index (κ1) is 16.8. The number of nitrogens with one attached hydrogen (secondary N) is 1. The summed E-state index contributed by atoms with van der Waals surface area (Å²) in [6, 6.07) is 5.55. The summed E-state index contributed by atoms with van der Waals surface area (Å²) in [5.74, 6) is 0.151. The minimum atomic E-state index is -0.681. The van der Waals surface area contributed by atoms with Crippen LogP contribution in [-0.4, -0.2) is 25.2 Å². The predicted molar refractivity (Wildman–Crippen MR) is 80.2 cm³/mol. The molecule has 4 nitrogen and oxygen atoms in total. The highest BCUT2D eigenvalue weighted by Gasteiger charge is 2.19. The fraction of sp³-hybridized carbons (Fsp3) is 0.533. The third kappa shape index (κ3) is 5.02. The maximum atomic E-state index is 11.6. The molecule has 1 rings (SSSR count). The van der Waals surface area contributed by atoms with Gasteiger partial charge in [0.1, 0.15) is 5.75 Å². The van der Waals surface area contributed by atoms with Crippen LogP contribution in [0.3, 0.4) is 0 Å². The topological polar surface area (TPSA) is 47.6 Å². The standard InChI is InChI=1S/C15H22ClNO3/c1-4-9-17-10-12-7-6-8-13(16)14(12)20-11(3)15(18)19-5-2/h6-8,11,17H,4-5,9-10H2,1-3H3. The molecule has 0 fully saturated rings. The first-order valence-electron chi connectivity index (χ1n) is 6.91. The van der Waals surface area contributed by atoms with Crippen LogP contribution in [0.5, 0.6) is 5.75 Å². The zero-order valence-electron chi connectivity index (χ0n) is 12.2. The second-order valence-corrected chi connectivity index (χ2v) is 4.82. The highest BCUT2D eigenvalue weighted by Crippen LogP contribution is 2.29. The van der Waals surface area contributed by atoms with Crippen LogP contribution in [-0.2, 0) is 16.1 Å². The molecule has 20 heavy (non-hydrogen) atoms. The van der Waals surface area contributed by atoms with Crippen LogP contribution in [0.25, 0.3) is 0 Å². The summed E-state index contributed by atoms with van der Waals surface area (Å²) < 4.78 is 10.6. The molecule has 1 aromatic carbocycles. The van der Waals surface area contributed by atoms with Gasteiger partial charge in [0.05, 0.1) is 11.6 Å². The quantitative estimate of drug-likeness (QED) is 0.592. The Morgan fingerprint density at radius 2 is 2.15 bits per heavy atom. The van der Waals surface area contributed by atoms with Crippen molar-refractivity contribution in [3.05, 3.63) is 28.8 Å². The van der Waals surface area contributed by atoms with Crippen molar-refractivity contribution in [2.45, 2.75) is 39.8 Å². The monoisotopic (exact) mass is 299 g/mol. The first-order valence-corrected chi connectivity index (χ1v) is 7.29. The zero-order valence-corrected chi connectivity index (χ0v) is 13.0. The Balaban J connectivity index is 2.78. The van der Waals surface area contributed by atoms with E-state index in [9.17, 15) is 4.79 Å². The molecule has 0 spiro atoms. The van der Waals surface area contributed by atoms with Gasteiger partial charge in [-0.15, -0.1) is 0 Å². The van der Waals surface area contributed by atoms with Gasteiger partial charge in [-0.1, -0.05) is 30.7 Å². The predicted octanol–water partition coefficient (Wildman–Crippen LogP) is 3.17. The van der Waals surface area contributed by atoms with Gasteiger partial charge in [-0.05, 0) is 32.9 Å². The lowest BCUT2D eigenvalue weighted by Gasteiger charge is -2.17. The number of esters is 1. The molecule has 0 aliphatic heterocycles. The van der Waals surface area contributed by atoms with Crippen molar-refractivity contribution in [3.63, 3.8) is 0 Å². The van der Waals surface area contributed by atoms with E-state index in [1.807, 2.05) is 12.1 Å². The van der Waals surface area contributed by atoms with Gasteiger partial charge in [0.15, 0.2) is 6.10 Å². The zero-order chi connectivity index (χ0) is 15.0. The van der Waals surface area contributed by atoms with E-state index < -0.39 is 6.10 Å². The van der Waals surface area contributed by atoms with E-state index in [4.69, 9.17) is 21.1 Å². The minimum absolute atomic E-state index is 0.333. The van der Waals surface area contributed by atoms with Gasteiger partial charge in [-0.3, -0.25) is 0 Å². The van der Waals surface area contributed by atoms with Crippen molar-refractivity contribution < 1.29 is 14.3 Å². The van der Waals surface area contributed by atoms with E-state index in [1.165, 1.54) is 0 Å². The number of carbonyl (C=O) groups is 1. The highest BCUT2D eigenvalue weighted by molar-refractivity contribution is 6.32. The van der Waals surface area contributed by atoms with Gasteiger partial charge in [0, 0.05) is 12.1 Å². The van der Waals surface area contributed by atoms with Gasteiger partial charge in [-0.25, -0.2) is 4.79 Å². The summed E-state index contributed by atoms with van der Waals surface area (Å²) in [7, 11) is 0. The summed E-state index contributed by atoms with van der Waals surface area (Å²) in [6.45, 7) is 7.43. The number of benzene rings is 1. The lowest BCUT2D eigenvalue weighted by atomic mass is 10.2. The summed E-state index contributed by atoms with van der Waals surface area (Å²) in [6.07, 6.45) is 0.371. The summed E-state index contributed by atoms with van der Waals surface area (Å²) in [5.41, 5.74) is 0.932. The molecule has 112 valence electrons. The maximum Gasteiger partial charge on any atom is 0.347 e.